The Labute approximate surface area is 189 Å². The topological polar surface area (TPSA) is 73.4 Å². The number of aromatic nitrogens is 1. The molecule has 0 saturated carbocycles. The van der Waals surface area contributed by atoms with Gasteiger partial charge in [-0.3, -0.25) is 0 Å². The lowest BCUT2D eigenvalue weighted by Crippen LogP contribution is -2.54. The Morgan fingerprint density at radius 2 is 1.75 bits per heavy atom. The van der Waals surface area contributed by atoms with Gasteiger partial charge in [0.15, 0.2) is 6.29 Å². The molecule has 0 spiro atoms. The van der Waals surface area contributed by atoms with Crippen molar-refractivity contribution in [2.75, 3.05) is 37.8 Å². The molecule has 1 aromatic carbocycles. The normalized spacial score (nSPS) is 20.5. The second-order valence-corrected chi connectivity index (χ2v) is 7.89. The third-order valence-electron chi connectivity index (χ3n) is 5.76. The predicted octanol–water partition coefficient (Wildman–Crippen LogP) is 3.28. The maximum Gasteiger partial charge on any atom is 0.357 e. The number of ether oxygens (including phenoxy) is 3. The molecule has 0 amide bonds. The molecule has 3 heterocycles. The highest BCUT2D eigenvalue weighted by Crippen LogP contribution is 2.36. The van der Waals surface area contributed by atoms with Crippen LogP contribution in [0.15, 0.2) is 48.7 Å². The van der Waals surface area contributed by atoms with Gasteiger partial charge in [-0.2, -0.15) is 0 Å². The summed E-state index contributed by atoms with van der Waals surface area (Å²) >= 11 is 0. The fourth-order valence-corrected chi connectivity index (χ4v) is 4.41. The van der Waals surface area contributed by atoms with Gasteiger partial charge in [0, 0.05) is 43.2 Å². The number of hydroxylamine groups is 2. The molecule has 8 nitrogen and oxygen atoms in total. The Balaban J connectivity index is 1.37. The molecule has 2 saturated heterocycles. The Morgan fingerprint density at radius 3 is 2.41 bits per heavy atom. The smallest absolute Gasteiger partial charge is 0.357 e. The molecule has 2 aliphatic rings. The van der Waals surface area contributed by atoms with E-state index >= 15 is 0 Å². The van der Waals surface area contributed by atoms with Crippen LogP contribution < -0.4 is 9.64 Å². The number of carbonyl (C=O) groups excluding carboxylic acids is 1. The highest BCUT2D eigenvalue weighted by Gasteiger charge is 2.41. The molecule has 8 heteroatoms. The van der Waals surface area contributed by atoms with Crippen molar-refractivity contribution in [2.45, 2.75) is 45.1 Å². The molecule has 172 valence electrons. The summed E-state index contributed by atoms with van der Waals surface area (Å²) in [5.74, 6) is 0.237. The van der Waals surface area contributed by atoms with Gasteiger partial charge < -0.3 is 23.9 Å². The standard InChI is InChI=1S/C24H31N3O5/c1-3-29-23(30-4-2)17-31-22-14-19(12-13-25-22)27-20-10-11-21(27)16-26(15-20)32-24(28)18-8-6-5-7-9-18/h5-9,12-14,20-21,23H,3-4,10-11,15-17H2,1-2H3. The molecule has 1 aromatic heterocycles. The van der Waals surface area contributed by atoms with Crippen molar-refractivity contribution >= 4 is 11.7 Å². The van der Waals surface area contributed by atoms with Crippen LogP contribution in [-0.4, -0.2) is 67.3 Å². The number of fused-ring (bicyclic) bond motifs is 2. The lowest BCUT2D eigenvalue weighted by atomic mass is 10.2. The van der Waals surface area contributed by atoms with Crippen LogP contribution in [0.3, 0.4) is 0 Å². The third-order valence-corrected chi connectivity index (χ3v) is 5.76. The number of carbonyl (C=O) groups is 1. The molecule has 32 heavy (non-hydrogen) atoms. The monoisotopic (exact) mass is 441 g/mol. The molecular formula is C24H31N3O5. The summed E-state index contributed by atoms with van der Waals surface area (Å²) in [4.78, 5) is 24.9. The van der Waals surface area contributed by atoms with E-state index in [-0.39, 0.29) is 24.7 Å². The van der Waals surface area contributed by atoms with E-state index in [4.69, 9.17) is 19.0 Å². The summed E-state index contributed by atoms with van der Waals surface area (Å²) in [6.07, 6.45) is 3.47. The number of pyridine rings is 1. The first-order valence-electron chi connectivity index (χ1n) is 11.3. The average Bonchev–Trinajstić information content (AvgIpc) is 3.09. The average molecular weight is 442 g/mol. The summed E-state index contributed by atoms with van der Waals surface area (Å²) < 4.78 is 16.9. The highest BCUT2D eigenvalue weighted by molar-refractivity contribution is 5.89. The van der Waals surface area contributed by atoms with Crippen LogP contribution in [0.2, 0.25) is 0 Å². The van der Waals surface area contributed by atoms with Gasteiger partial charge in [0.05, 0.1) is 18.7 Å². The van der Waals surface area contributed by atoms with Crippen molar-refractivity contribution in [3.8, 4) is 5.88 Å². The number of piperazine rings is 1. The van der Waals surface area contributed by atoms with Crippen LogP contribution in [-0.2, 0) is 14.3 Å². The van der Waals surface area contributed by atoms with Crippen molar-refractivity contribution in [1.82, 2.24) is 10.0 Å². The zero-order chi connectivity index (χ0) is 22.3. The van der Waals surface area contributed by atoms with Crippen molar-refractivity contribution in [2.24, 2.45) is 0 Å². The molecule has 2 aliphatic heterocycles. The van der Waals surface area contributed by atoms with Crippen LogP contribution in [0.25, 0.3) is 0 Å². The van der Waals surface area contributed by atoms with E-state index in [1.165, 1.54) is 0 Å². The van der Waals surface area contributed by atoms with E-state index in [1.807, 2.05) is 49.2 Å². The van der Waals surface area contributed by atoms with Crippen molar-refractivity contribution < 1.29 is 23.8 Å². The zero-order valence-electron chi connectivity index (χ0n) is 18.7. The van der Waals surface area contributed by atoms with Crippen molar-refractivity contribution in [1.29, 1.82) is 0 Å². The van der Waals surface area contributed by atoms with Gasteiger partial charge in [-0.1, -0.05) is 18.2 Å². The second kappa shape index (κ2) is 10.8. The minimum absolute atomic E-state index is 0.271. The van der Waals surface area contributed by atoms with Crippen LogP contribution in [0.5, 0.6) is 5.88 Å². The highest BCUT2D eigenvalue weighted by atomic mass is 16.7. The van der Waals surface area contributed by atoms with Gasteiger partial charge in [0.1, 0.15) is 6.61 Å². The summed E-state index contributed by atoms with van der Waals surface area (Å²) in [6.45, 7) is 6.60. The predicted molar refractivity (Wildman–Crippen MR) is 119 cm³/mol. The number of hydrogen-bond donors (Lipinski definition) is 0. The van der Waals surface area contributed by atoms with E-state index in [0.717, 1.165) is 18.5 Å². The van der Waals surface area contributed by atoms with Crippen molar-refractivity contribution in [3.63, 3.8) is 0 Å². The number of nitrogens with zero attached hydrogens (tertiary/aromatic N) is 3. The molecule has 2 atom stereocenters. The molecule has 0 aliphatic carbocycles. The summed E-state index contributed by atoms with van der Waals surface area (Å²) in [5, 5.41) is 1.81. The van der Waals surface area contributed by atoms with Crippen LogP contribution in [0.1, 0.15) is 37.0 Å². The van der Waals surface area contributed by atoms with Crippen LogP contribution in [0.4, 0.5) is 5.69 Å². The Hall–Kier alpha value is -2.68. The number of anilines is 1. The largest absolute Gasteiger partial charge is 0.472 e. The zero-order valence-corrected chi connectivity index (χ0v) is 18.7. The molecule has 2 fully saturated rings. The SMILES string of the molecule is CCOC(COc1cc(N2C3CCC2CN(OC(=O)c2ccccc2)C3)ccn1)OCC. The quantitative estimate of drug-likeness (QED) is 0.520. The Bertz CT molecular complexity index is 861. The maximum atomic E-state index is 12.4. The lowest BCUT2D eigenvalue weighted by Gasteiger charge is -2.41. The number of hydrogen-bond acceptors (Lipinski definition) is 8. The second-order valence-electron chi connectivity index (χ2n) is 7.89. The van der Waals surface area contributed by atoms with E-state index in [0.29, 0.717) is 37.7 Å². The van der Waals surface area contributed by atoms with Gasteiger partial charge in [0.25, 0.3) is 0 Å². The van der Waals surface area contributed by atoms with Gasteiger partial charge in [-0.05, 0) is 44.9 Å². The maximum absolute atomic E-state index is 12.4. The Morgan fingerprint density at radius 1 is 1.06 bits per heavy atom. The van der Waals surface area contributed by atoms with Gasteiger partial charge in [-0.15, -0.1) is 5.06 Å². The van der Waals surface area contributed by atoms with E-state index < -0.39 is 6.29 Å². The summed E-state index contributed by atoms with van der Waals surface area (Å²) in [5.41, 5.74) is 1.64. The first-order chi connectivity index (χ1) is 15.7. The van der Waals surface area contributed by atoms with Gasteiger partial charge in [-0.25, -0.2) is 9.78 Å². The lowest BCUT2D eigenvalue weighted by molar-refractivity contribution is -0.152. The first kappa shape index (κ1) is 22.5. The molecule has 0 N–H and O–H groups in total. The van der Waals surface area contributed by atoms with E-state index in [2.05, 4.69) is 9.88 Å². The molecule has 2 unspecified atom stereocenters. The van der Waals surface area contributed by atoms with E-state index in [9.17, 15) is 4.79 Å². The third kappa shape index (κ3) is 5.38. The fraction of sp³-hybridized carbons (Fsp3) is 0.500. The minimum atomic E-state index is -0.408. The number of rotatable bonds is 10. The fourth-order valence-electron chi connectivity index (χ4n) is 4.41. The minimum Gasteiger partial charge on any atom is -0.472 e. The summed E-state index contributed by atoms with van der Waals surface area (Å²) in [6, 6.07) is 13.6. The molecular weight excluding hydrogens is 410 g/mol. The summed E-state index contributed by atoms with van der Waals surface area (Å²) in [7, 11) is 0. The van der Waals surface area contributed by atoms with Gasteiger partial charge >= 0.3 is 5.97 Å². The molecule has 2 bridgehead atoms. The van der Waals surface area contributed by atoms with Crippen molar-refractivity contribution in [3.05, 3.63) is 54.2 Å². The molecule has 0 radical (unpaired) electrons. The Kier molecular flexibility index (Phi) is 7.57. The first-order valence-corrected chi connectivity index (χ1v) is 11.3. The molecule has 2 aromatic rings. The van der Waals surface area contributed by atoms with E-state index in [1.54, 1.807) is 18.3 Å². The van der Waals surface area contributed by atoms with Gasteiger partial charge in [0.2, 0.25) is 5.88 Å². The van der Waals surface area contributed by atoms with Crippen LogP contribution in [0, 0.1) is 0 Å². The number of benzene rings is 1. The van der Waals surface area contributed by atoms with Crippen LogP contribution >= 0.6 is 0 Å². The molecule has 4 rings (SSSR count).